The molecule has 14 heavy (non-hydrogen) atoms. The lowest BCUT2D eigenvalue weighted by Gasteiger charge is -1.97. The summed E-state index contributed by atoms with van der Waals surface area (Å²) in [6, 6.07) is 4.17. The van der Waals surface area contributed by atoms with E-state index >= 15 is 0 Å². The average molecular weight is 194 g/mol. The summed E-state index contributed by atoms with van der Waals surface area (Å²) in [4.78, 5) is 10.7. The molecule has 0 aromatic heterocycles. The fourth-order valence-corrected chi connectivity index (χ4v) is 0.886. The van der Waals surface area contributed by atoms with E-state index in [1.807, 2.05) is 0 Å². The fraction of sp³-hybridized carbons (Fsp3) is 0.100. The number of phenolic OH excluding ortho intramolecular Hbond substituents is 2. The zero-order valence-electron chi connectivity index (χ0n) is 7.34. The van der Waals surface area contributed by atoms with Crippen LogP contribution < -0.4 is 0 Å². The number of aromatic hydroxyl groups is 2. The Morgan fingerprint density at radius 2 is 2.00 bits per heavy atom. The largest absolute Gasteiger partial charge is 0.504 e. The summed E-state index contributed by atoms with van der Waals surface area (Å²) < 4.78 is 0. The molecule has 0 aliphatic carbocycles. The highest BCUT2D eigenvalue weighted by atomic mass is 16.3. The molecule has 4 heteroatoms. The van der Waals surface area contributed by atoms with Gasteiger partial charge in [-0.05, 0) is 23.8 Å². The van der Waals surface area contributed by atoms with Crippen LogP contribution >= 0.6 is 0 Å². The average Bonchev–Trinajstić information content (AvgIpc) is 2.19. The number of hydrogen-bond acceptors (Lipinski definition) is 4. The molecule has 1 aromatic carbocycles. The van der Waals surface area contributed by atoms with Crippen LogP contribution in [0.15, 0.2) is 24.3 Å². The van der Waals surface area contributed by atoms with E-state index in [0.29, 0.717) is 5.56 Å². The van der Waals surface area contributed by atoms with Crippen molar-refractivity contribution < 1.29 is 20.1 Å². The molecule has 0 radical (unpaired) electrons. The van der Waals surface area contributed by atoms with Crippen LogP contribution in [0.5, 0.6) is 11.5 Å². The van der Waals surface area contributed by atoms with Crippen LogP contribution in [0, 0.1) is 0 Å². The number of hydrogen-bond donors (Lipinski definition) is 3. The van der Waals surface area contributed by atoms with Gasteiger partial charge in [-0.15, -0.1) is 0 Å². The molecule has 74 valence electrons. The lowest BCUT2D eigenvalue weighted by molar-refractivity contribution is -0.117. The third-order valence-corrected chi connectivity index (χ3v) is 1.62. The van der Waals surface area contributed by atoms with Crippen LogP contribution in [0.1, 0.15) is 5.56 Å². The molecule has 0 aliphatic heterocycles. The topological polar surface area (TPSA) is 77.8 Å². The molecule has 3 N–H and O–H groups in total. The predicted molar refractivity (Wildman–Crippen MR) is 50.9 cm³/mol. The van der Waals surface area contributed by atoms with Crippen LogP contribution in [-0.4, -0.2) is 27.7 Å². The van der Waals surface area contributed by atoms with Gasteiger partial charge < -0.3 is 15.3 Å². The van der Waals surface area contributed by atoms with Gasteiger partial charge in [0.2, 0.25) is 0 Å². The van der Waals surface area contributed by atoms with Gasteiger partial charge >= 0.3 is 0 Å². The van der Waals surface area contributed by atoms with Crippen molar-refractivity contribution in [2.45, 2.75) is 0 Å². The zero-order chi connectivity index (χ0) is 10.6. The van der Waals surface area contributed by atoms with Crippen molar-refractivity contribution in [3.63, 3.8) is 0 Å². The maximum atomic E-state index is 10.7. The van der Waals surface area contributed by atoms with Crippen molar-refractivity contribution in [1.29, 1.82) is 0 Å². The molecular weight excluding hydrogens is 184 g/mol. The van der Waals surface area contributed by atoms with E-state index in [1.54, 1.807) is 0 Å². The Kier molecular flexibility index (Phi) is 3.25. The molecule has 0 aliphatic rings. The smallest absolute Gasteiger partial charge is 0.181 e. The minimum atomic E-state index is -0.541. The van der Waals surface area contributed by atoms with E-state index < -0.39 is 12.4 Å². The van der Waals surface area contributed by atoms with Gasteiger partial charge in [0.05, 0.1) is 0 Å². The first kappa shape index (κ1) is 10.3. The first-order valence-corrected chi connectivity index (χ1v) is 3.97. The Hall–Kier alpha value is -1.81. The van der Waals surface area contributed by atoms with Crippen molar-refractivity contribution in [3.05, 3.63) is 29.8 Å². The maximum Gasteiger partial charge on any atom is 0.181 e. The Labute approximate surface area is 80.7 Å². The molecular formula is C10H10O4. The predicted octanol–water partition coefficient (Wildman–Crippen LogP) is 0.672. The summed E-state index contributed by atoms with van der Waals surface area (Å²) in [5.74, 6) is -0.878. The van der Waals surface area contributed by atoms with Gasteiger partial charge in [0, 0.05) is 0 Å². The molecule has 0 unspecified atom stereocenters. The fourth-order valence-electron chi connectivity index (χ4n) is 0.886. The molecule has 1 aromatic rings. The van der Waals surface area contributed by atoms with Crippen LogP contribution in [0.2, 0.25) is 0 Å². The van der Waals surface area contributed by atoms with Gasteiger partial charge in [-0.3, -0.25) is 4.79 Å². The molecule has 0 saturated carbocycles. The number of phenols is 2. The number of aliphatic hydroxyl groups excluding tert-OH is 1. The van der Waals surface area contributed by atoms with E-state index in [4.69, 9.17) is 15.3 Å². The second-order valence-corrected chi connectivity index (χ2v) is 2.71. The van der Waals surface area contributed by atoms with Gasteiger partial charge in [0.15, 0.2) is 17.3 Å². The third kappa shape index (κ3) is 2.60. The minimum Gasteiger partial charge on any atom is -0.504 e. The van der Waals surface area contributed by atoms with Crippen LogP contribution in [0.3, 0.4) is 0 Å². The summed E-state index contributed by atoms with van der Waals surface area (Å²) in [6.07, 6.45) is 2.64. The van der Waals surface area contributed by atoms with E-state index in [-0.39, 0.29) is 11.5 Å². The van der Waals surface area contributed by atoms with Crippen molar-refractivity contribution in [1.82, 2.24) is 0 Å². The molecule has 1 rings (SSSR count). The number of ketones is 1. The third-order valence-electron chi connectivity index (χ3n) is 1.62. The van der Waals surface area contributed by atoms with Gasteiger partial charge in [-0.2, -0.15) is 0 Å². The number of rotatable bonds is 3. The summed E-state index contributed by atoms with van der Waals surface area (Å²) in [5, 5.41) is 26.5. The molecule has 0 spiro atoms. The molecule has 0 atom stereocenters. The molecule has 0 heterocycles. The molecule has 0 fully saturated rings. The molecule has 0 bridgehead atoms. The Balaban J connectivity index is 2.83. The Bertz CT molecular complexity index is 368. The molecule has 0 amide bonds. The first-order chi connectivity index (χ1) is 6.63. The van der Waals surface area contributed by atoms with Gasteiger partial charge in [0.25, 0.3) is 0 Å². The van der Waals surface area contributed by atoms with E-state index in [0.717, 1.165) is 0 Å². The van der Waals surface area contributed by atoms with Crippen molar-refractivity contribution in [2.24, 2.45) is 0 Å². The Morgan fingerprint density at radius 1 is 1.29 bits per heavy atom. The highest BCUT2D eigenvalue weighted by Crippen LogP contribution is 2.25. The standard InChI is InChI=1S/C10H10O4/c11-6-8(12)3-1-7-2-4-9(13)10(14)5-7/h1-5,11,13-14H,6H2. The van der Waals surface area contributed by atoms with Gasteiger partial charge in [-0.25, -0.2) is 0 Å². The normalized spacial score (nSPS) is 10.6. The number of carbonyl (C=O) groups excluding carboxylic acids is 1. The second kappa shape index (κ2) is 4.43. The van der Waals surface area contributed by atoms with Gasteiger partial charge in [0.1, 0.15) is 6.61 Å². The number of benzene rings is 1. The van der Waals surface area contributed by atoms with Gasteiger partial charge in [-0.1, -0.05) is 12.1 Å². The first-order valence-electron chi connectivity index (χ1n) is 3.97. The lowest BCUT2D eigenvalue weighted by atomic mass is 10.2. The SMILES string of the molecule is O=C(C=Cc1ccc(O)c(O)c1)CO. The van der Waals surface area contributed by atoms with Crippen LogP contribution in [0.25, 0.3) is 6.08 Å². The number of carbonyl (C=O) groups is 1. The Morgan fingerprint density at radius 3 is 2.57 bits per heavy atom. The van der Waals surface area contributed by atoms with E-state index in [2.05, 4.69) is 0 Å². The summed E-state index contributed by atoms with van der Waals surface area (Å²) >= 11 is 0. The highest BCUT2D eigenvalue weighted by Gasteiger charge is 1.98. The summed E-state index contributed by atoms with van der Waals surface area (Å²) in [5.41, 5.74) is 0.571. The lowest BCUT2D eigenvalue weighted by Crippen LogP contribution is -1.97. The highest BCUT2D eigenvalue weighted by molar-refractivity contribution is 5.94. The minimum absolute atomic E-state index is 0.212. The maximum absolute atomic E-state index is 10.7. The van der Waals surface area contributed by atoms with Crippen LogP contribution in [0.4, 0.5) is 0 Å². The quantitative estimate of drug-likeness (QED) is 0.488. The molecule has 4 nitrogen and oxygen atoms in total. The van der Waals surface area contributed by atoms with E-state index in [1.165, 1.54) is 30.4 Å². The van der Waals surface area contributed by atoms with E-state index in [9.17, 15) is 4.79 Å². The monoisotopic (exact) mass is 194 g/mol. The summed E-state index contributed by atoms with van der Waals surface area (Å²) in [7, 11) is 0. The summed E-state index contributed by atoms with van der Waals surface area (Å²) in [6.45, 7) is -0.541. The molecule has 0 saturated heterocycles. The van der Waals surface area contributed by atoms with Crippen LogP contribution in [-0.2, 0) is 4.79 Å². The zero-order valence-corrected chi connectivity index (χ0v) is 7.34. The number of aliphatic hydroxyl groups is 1. The second-order valence-electron chi connectivity index (χ2n) is 2.71. The van der Waals surface area contributed by atoms with Crippen molar-refractivity contribution in [2.75, 3.05) is 6.61 Å². The van der Waals surface area contributed by atoms with Crippen molar-refractivity contribution in [3.8, 4) is 11.5 Å². The van der Waals surface area contributed by atoms with Crippen molar-refractivity contribution >= 4 is 11.9 Å².